The molecule has 0 atom stereocenters. The maximum absolute atomic E-state index is 11.8. The van der Waals surface area contributed by atoms with E-state index in [-0.39, 0.29) is 81.1 Å². The Hall–Kier alpha value is -1.33. The van der Waals surface area contributed by atoms with Crippen LogP contribution in [0.15, 0.2) is 12.7 Å². The van der Waals surface area contributed by atoms with E-state index in [2.05, 4.69) is 70.2 Å². The van der Waals surface area contributed by atoms with E-state index in [0.717, 1.165) is 12.5 Å². The summed E-state index contributed by atoms with van der Waals surface area (Å²) in [4.78, 5) is 57.8. The molecule has 0 aliphatic carbocycles. The normalized spacial score (nSPS) is 10.9. The molecule has 0 aliphatic rings. The molecule has 0 radical (unpaired) electrons. The summed E-state index contributed by atoms with van der Waals surface area (Å²) in [5.41, 5.74) is -1.25. The molecule has 0 N–H and O–H groups in total. The van der Waals surface area contributed by atoms with E-state index in [4.69, 9.17) is 28.1 Å². The van der Waals surface area contributed by atoms with E-state index in [1.807, 2.05) is 0 Å². The van der Waals surface area contributed by atoms with Gasteiger partial charge in [-0.25, -0.2) is 4.79 Å². The number of carbonyl (C=O) groups excluding carboxylic acids is 5. The molecule has 0 aromatic carbocycles. The third-order valence-corrected chi connectivity index (χ3v) is 8.87. The molecule has 11 nitrogen and oxygen atoms in total. The van der Waals surface area contributed by atoms with Gasteiger partial charge in [0, 0.05) is 36.2 Å². The average Bonchev–Trinajstić information content (AvgIpc) is 2.95. The van der Waals surface area contributed by atoms with Crippen LogP contribution in [0.5, 0.6) is 0 Å². The number of ether oxygens (including phenoxy) is 5. The summed E-state index contributed by atoms with van der Waals surface area (Å²) in [6.45, 7) is 6.93. The highest BCUT2D eigenvalue weighted by atomic mass is 32.1. The number of hydrogen-bond acceptors (Lipinski definition) is 15. The van der Waals surface area contributed by atoms with Crippen LogP contribution in [0, 0.1) is 5.41 Å². The summed E-state index contributed by atoms with van der Waals surface area (Å²) >= 11 is 15.9. The Balaban J connectivity index is 0. The zero-order valence-electron chi connectivity index (χ0n) is 24.7. The fraction of sp³-hybridized carbons (Fsp3) is 0.731. The quantitative estimate of drug-likeness (QED) is 0.0332. The van der Waals surface area contributed by atoms with Gasteiger partial charge in [0.1, 0.15) is 31.8 Å². The second kappa shape index (κ2) is 26.1. The first-order valence-corrected chi connectivity index (χ1v) is 18.9. The molecule has 244 valence electrons. The second-order valence-electron chi connectivity index (χ2n) is 9.48. The van der Waals surface area contributed by atoms with Crippen molar-refractivity contribution in [2.45, 2.75) is 51.2 Å². The van der Waals surface area contributed by atoms with E-state index in [1.165, 1.54) is 6.08 Å². The van der Waals surface area contributed by atoms with Crippen molar-refractivity contribution in [3.8, 4) is 0 Å². The summed E-state index contributed by atoms with van der Waals surface area (Å²) in [5, 5.41) is 0. The van der Waals surface area contributed by atoms with Crippen LogP contribution in [0.1, 0.15) is 32.1 Å². The lowest BCUT2D eigenvalue weighted by Gasteiger charge is -2.31. The van der Waals surface area contributed by atoms with Gasteiger partial charge in [0.25, 0.3) is 0 Å². The van der Waals surface area contributed by atoms with Crippen molar-refractivity contribution >= 4 is 88.7 Å². The third kappa shape index (κ3) is 24.1. The van der Waals surface area contributed by atoms with Crippen LogP contribution in [0.2, 0.25) is 19.1 Å². The molecule has 42 heavy (non-hydrogen) atoms. The first kappa shape index (κ1) is 42.8. The SMILES string of the molecule is C=CC(=O)OCCC[Si](C)(C)OC.O=C(CCS)OCC(COC(=O)CCS)(COC(=O)CCS)COC(=O)CCS. The summed E-state index contributed by atoms with van der Waals surface area (Å²) in [6.07, 6.45) is 2.32. The molecule has 0 rings (SSSR count). The smallest absolute Gasteiger partial charge is 0.330 e. The van der Waals surface area contributed by atoms with Gasteiger partial charge in [-0.15, -0.1) is 0 Å². The Bertz CT molecular complexity index is 735. The Morgan fingerprint density at radius 2 is 1.00 bits per heavy atom. The van der Waals surface area contributed by atoms with Crippen LogP contribution in [0.4, 0.5) is 0 Å². The van der Waals surface area contributed by atoms with Gasteiger partial charge >= 0.3 is 29.8 Å². The standard InChI is InChI=1S/C17H28O8S4.C9H18O3Si/c18-13(1-5-26)22-9-17(10-23-14(19)2-6-27,11-24-15(20)3-7-28)12-25-16(21)4-8-29;1-5-9(10)12-7-6-8-13(3,4)11-2/h26-29H,1-12H2;5H,1,6-8H2,2-4H3. The predicted octanol–water partition coefficient (Wildman–Crippen LogP) is 3.38. The van der Waals surface area contributed by atoms with Crippen LogP contribution in [-0.2, 0) is 52.1 Å². The Morgan fingerprint density at radius 3 is 1.26 bits per heavy atom. The summed E-state index contributed by atoms with van der Waals surface area (Å²) < 4.78 is 31.1. The minimum atomic E-state index is -1.48. The van der Waals surface area contributed by atoms with Crippen LogP contribution < -0.4 is 0 Å². The Morgan fingerprint density at radius 1 is 0.667 bits per heavy atom. The van der Waals surface area contributed by atoms with Gasteiger partial charge < -0.3 is 28.1 Å². The highest BCUT2D eigenvalue weighted by Crippen LogP contribution is 2.22. The fourth-order valence-electron chi connectivity index (χ4n) is 2.67. The highest BCUT2D eigenvalue weighted by molar-refractivity contribution is 7.80. The molecule has 0 saturated heterocycles. The molecule has 0 unspecified atom stereocenters. The van der Waals surface area contributed by atoms with E-state index in [9.17, 15) is 24.0 Å². The molecule has 0 spiro atoms. The number of thiol groups is 4. The molecule has 0 fully saturated rings. The monoisotopic (exact) mass is 690 g/mol. The zero-order chi connectivity index (χ0) is 32.4. The fourth-order valence-corrected chi connectivity index (χ4v) is 4.60. The Labute approximate surface area is 272 Å². The second-order valence-corrected chi connectivity index (χ2v) is 15.7. The van der Waals surface area contributed by atoms with Gasteiger partial charge in [0.2, 0.25) is 0 Å². The number of carbonyl (C=O) groups is 5. The number of hydrogen-bond donors (Lipinski definition) is 4. The van der Waals surface area contributed by atoms with Crippen molar-refractivity contribution < 1.29 is 52.1 Å². The first-order chi connectivity index (χ1) is 19.8. The van der Waals surface area contributed by atoms with Crippen LogP contribution >= 0.6 is 50.5 Å². The topological polar surface area (TPSA) is 141 Å². The van der Waals surface area contributed by atoms with E-state index >= 15 is 0 Å². The van der Waals surface area contributed by atoms with Crippen molar-refractivity contribution in [2.75, 3.05) is 63.2 Å². The highest BCUT2D eigenvalue weighted by Gasteiger charge is 2.37. The largest absolute Gasteiger partial charge is 0.465 e. The number of esters is 5. The van der Waals surface area contributed by atoms with Gasteiger partial charge in [0.15, 0.2) is 8.32 Å². The molecular formula is C26H46O11S4Si. The van der Waals surface area contributed by atoms with Gasteiger partial charge in [-0.1, -0.05) is 6.58 Å². The predicted molar refractivity (Wildman–Crippen MR) is 175 cm³/mol. The van der Waals surface area contributed by atoms with Crippen LogP contribution in [-0.4, -0.2) is 101 Å². The number of rotatable bonds is 22. The molecule has 0 saturated carbocycles. The molecule has 0 bridgehead atoms. The summed E-state index contributed by atoms with van der Waals surface area (Å²) in [7, 11) is 0.261. The first-order valence-electron chi connectivity index (χ1n) is 13.2. The van der Waals surface area contributed by atoms with Crippen molar-refractivity contribution in [3.63, 3.8) is 0 Å². The van der Waals surface area contributed by atoms with Gasteiger partial charge in [-0.2, -0.15) is 50.5 Å². The van der Waals surface area contributed by atoms with Crippen LogP contribution in [0.25, 0.3) is 0 Å². The molecule has 0 heterocycles. The van der Waals surface area contributed by atoms with E-state index in [0.29, 0.717) is 6.61 Å². The lowest BCUT2D eigenvalue weighted by atomic mass is 9.92. The van der Waals surface area contributed by atoms with Crippen molar-refractivity contribution in [1.29, 1.82) is 0 Å². The summed E-state index contributed by atoms with van der Waals surface area (Å²) in [6, 6.07) is 1.01. The molecule has 0 aromatic rings. The Kier molecular flexibility index (Phi) is 26.6. The molecule has 0 aliphatic heterocycles. The van der Waals surface area contributed by atoms with E-state index < -0.39 is 37.6 Å². The van der Waals surface area contributed by atoms with Crippen molar-refractivity contribution in [2.24, 2.45) is 5.41 Å². The lowest BCUT2D eigenvalue weighted by molar-refractivity contribution is -0.170. The van der Waals surface area contributed by atoms with Gasteiger partial charge in [-0.3, -0.25) is 19.2 Å². The van der Waals surface area contributed by atoms with Crippen molar-refractivity contribution in [3.05, 3.63) is 12.7 Å². The lowest BCUT2D eigenvalue weighted by Crippen LogP contribution is -2.44. The van der Waals surface area contributed by atoms with Gasteiger partial charge in [-0.05, 0) is 25.6 Å². The molecular weight excluding hydrogens is 645 g/mol. The summed E-state index contributed by atoms with van der Waals surface area (Å²) in [5.74, 6) is -1.33. The molecule has 0 amide bonds. The third-order valence-electron chi connectivity index (χ3n) is 5.31. The maximum Gasteiger partial charge on any atom is 0.330 e. The van der Waals surface area contributed by atoms with Crippen molar-refractivity contribution in [1.82, 2.24) is 0 Å². The minimum absolute atomic E-state index is 0.0670. The van der Waals surface area contributed by atoms with Crippen LogP contribution in [0.3, 0.4) is 0 Å². The van der Waals surface area contributed by atoms with Gasteiger partial charge in [0.05, 0.1) is 32.3 Å². The minimum Gasteiger partial charge on any atom is -0.465 e. The average molecular weight is 691 g/mol. The maximum atomic E-state index is 11.8. The molecule has 0 aromatic heterocycles. The molecule has 16 heteroatoms. The van der Waals surface area contributed by atoms with E-state index in [1.54, 1.807) is 7.11 Å². The zero-order valence-corrected chi connectivity index (χ0v) is 29.2.